The average molecular weight is 346 g/mol. The lowest BCUT2D eigenvalue weighted by Gasteiger charge is -2.19. The highest BCUT2D eigenvalue weighted by Gasteiger charge is 2.20. The fourth-order valence-corrected chi connectivity index (χ4v) is 2.34. The van der Waals surface area contributed by atoms with Gasteiger partial charge in [-0.05, 0) is 30.5 Å². The lowest BCUT2D eigenvalue weighted by molar-refractivity contribution is -0.139. The number of carboxylic acids is 1. The summed E-state index contributed by atoms with van der Waals surface area (Å²) in [4.78, 5) is 36.9. The summed E-state index contributed by atoms with van der Waals surface area (Å²) in [6.45, 7) is 7.70. The Kier molecular flexibility index (Phi) is 7.85. The highest BCUT2D eigenvalue weighted by molar-refractivity contribution is 5.96. The molecule has 0 saturated heterocycles. The molecule has 0 heterocycles. The maximum absolute atomic E-state index is 12.2. The van der Waals surface area contributed by atoms with Gasteiger partial charge in [0.15, 0.2) is 0 Å². The van der Waals surface area contributed by atoms with E-state index >= 15 is 0 Å². The van der Waals surface area contributed by atoms with Crippen LogP contribution in [0.4, 0.5) is 0 Å². The lowest BCUT2D eigenvalue weighted by atomic mass is 10.1. The van der Waals surface area contributed by atoms with Crippen LogP contribution in [0.3, 0.4) is 0 Å². The normalized spacial score (nSPS) is 11.7. The molecule has 25 heavy (non-hydrogen) atoms. The van der Waals surface area contributed by atoms with Crippen molar-refractivity contribution in [2.24, 2.45) is 5.92 Å². The highest BCUT2D eigenvalue weighted by atomic mass is 16.4. The lowest BCUT2D eigenvalue weighted by Crippen LogP contribution is -2.40. The number of amides is 2. The van der Waals surface area contributed by atoms with Gasteiger partial charge in [-0.15, -0.1) is 6.58 Å². The standard InChI is InChI=1S/C19H26N2O4/c1-5-6-7-16(19(24)25)20-17(22)15-10-8-14(9-11-15)12-21(4)18(23)13(2)3/h5,8-11,13,16H,1,6-7,12H2,2-4H3,(H,20,22)(H,24,25). The molecule has 0 aliphatic heterocycles. The highest BCUT2D eigenvalue weighted by Crippen LogP contribution is 2.10. The monoisotopic (exact) mass is 346 g/mol. The van der Waals surface area contributed by atoms with Gasteiger partial charge < -0.3 is 15.3 Å². The maximum Gasteiger partial charge on any atom is 0.326 e. The van der Waals surface area contributed by atoms with Crippen LogP contribution >= 0.6 is 0 Å². The molecule has 0 spiro atoms. The van der Waals surface area contributed by atoms with Crippen molar-refractivity contribution in [3.8, 4) is 0 Å². The second-order valence-corrected chi connectivity index (χ2v) is 6.28. The molecular weight excluding hydrogens is 320 g/mol. The summed E-state index contributed by atoms with van der Waals surface area (Å²) in [7, 11) is 1.74. The Morgan fingerprint density at radius 3 is 2.32 bits per heavy atom. The molecule has 0 bridgehead atoms. The van der Waals surface area contributed by atoms with Crippen LogP contribution in [0.2, 0.25) is 0 Å². The third kappa shape index (κ3) is 6.41. The molecule has 0 aliphatic carbocycles. The molecule has 1 aromatic rings. The van der Waals surface area contributed by atoms with Gasteiger partial charge in [-0.2, -0.15) is 0 Å². The van der Waals surface area contributed by atoms with Gasteiger partial charge in [-0.25, -0.2) is 4.79 Å². The molecule has 1 rings (SSSR count). The number of carboxylic acid groups (broad SMARTS) is 1. The number of benzene rings is 1. The van der Waals surface area contributed by atoms with Crippen molar-refractivity contribution < 1.29 is 19.5 Å². The molecule has 136 valence electrons. The number of carbonyl (C=O) groups is 3. The van der Waals surface area contributed by atoms with Gasteiger partial charge in [0.05, 0.1) is 0 Å². The summed E-state index contributed by atoms with van der Waals surface area (Å²) < 4.78 is 0. The molecule has 2 amide bonds. The molecule has 0 radical (unpaired) electrons. The van der Waals surface area contributed by atoms with Crippen LogP contribution in [0, 0.1) is 5.92 Å². The Hall–Kier alpha value is -2.63. The van der Waals surface area contributed by atoms with Crippen LogP contribution in [0.15, 0.2) is 36.9 Å². The summed E-state index contributed by atoms with van der Waals surface area (Å²) in [5.41, 5.74) is 1.28. The van der Waals surface area contributed by atoms with Crippen molar-refractivity contribution in [3.63, 3.8) is 0 Å². The molecule has 6 heteroatoms. The zero-order valence-corrected chi connectivity index (χ0v) is 15.0. The minimum absolute atomic E-state index is 0.0494. The number of nitrogens with one attached hydrogen (secondary N) is 1. The number of aliphatic carboxylic acids is 1. The van der Waals surface area contributed by atoms with Crippen LogP contribution in [0.25, 0.3) is 0 Å². The topological polar surface area (TPSA) is 86.7 Å². The van der Waals surface area contributed by atoms with E-state index in [1.807, 2.05) is 13.8 Å². The van der Waals surface area contributed by atoms with Gasteiger partial charge in [-0.1, -0.05) is 32.1 Å². The summed E-state index contributed by atoms with van der Waals surface area (Å²) in [6, 6.07) is 5.84. The number of hydrogen-bond acceptors (Lipinski definition) is 3. The van der Waals surface area contributed by atoms with E-state index in [-0.39, 0.29) is 11.8 Å². The number of allylic oxidation sites excluding steroid dienone is 1. The molecule has 0 fully saturated rings. The predicted octanol–water partition coefficient (Wildman–Crippen LogP) is 2.45. The SMILES string of the molecule is C=CCCC(NC(=O)c1ccc(CN(C)C(=O)C(C)C)cc1)C(=O)O. The van der Waals surface area contributed by atoms with Crippen LogP contribution in [-0.4, -0.2) is 40.9 Å². The van der Waals surface area contributed by atoms with Crippen molar-refractivity contribution in [2.75, 3.05) is 7.05 Å². The first kappa shape index (κ1) is 20.4. The molecule has 6 nitrogen and oxygen atoms in total. The summed E-state index contributed by atoms with van der Waals surface area (Å²) >= 11 is 0. The average Bonchev–Trinajstić information content (AvgIpc) is 2.57. The van der Waals surface area contributed by atoms with Crippen LogP contribution in [0.1, 0.15) is 42.6 Å². The third-order valence-electron chi connectivity index (χ3n) is 3.77. The fourth-order valence-electron chi connectivity index (χ4n) is 2.34. The van der Waals surface area contributed by atoms with Gasteiger partial charge in [0.1, 0.15) is 6.04 Å². The molecule has 0 aliphatic rings. The first-order chi connectivity index (χ1) is 11.8. The van der Waals surface area contributed by atoms with Gasteiger partial charge in [0.25, 0.3) is 5.91 Å². The quantitative estimate of drug-likeness (QED) is 0.673. The predicted molar refractivity (Wildman–Crippen MR) is 96.1 cm³/mol. The number of nitrogens with zero attached hydrogens (tertiary/aromatic N) is 1. The molecular formula is C19H26N2O4. The van der Waals surface area contributed by atoms with E-state index in [9.17, 15) is 14.4 Å². The molecule has 1 unspecified atom stereocenters. The van der Waals surface area contributed by atoms with Crippen molar-refractivity contribution in [1.82, 2.24) is 10.2 Å². The van der Waals surface area contributed by atoms with Crippen molar-refractivity contribution >= 4 is 17.8 Å². The third-order valence-corrected chi connectivity index (χ3v) is 3.77. The Bertz CT molecular complexity index is 623. The number of hydrogen-bond donors (Lipinski definition) is 2. The Balaban J connectivity index is 2.71. The first-order valence-electron chi connectivity index (χ1n) is 8.24. The van der Waals surface area contributed by atoms with E-state index in [0.29, 0.717) is 24.9 Å². The second-order valence-electron chi connectivity index (χ2n) is 6.28. The van der Waals surface area contributed by atoms with E-state index in [1.54, 1.807) is 42.3 Å². The van der Waals surface area contributed by atoms with Crippen molar-refractivity contribution in [2.45, 2.75) is 39.3 Å². The summed E-state index contributed by atoms with van der Waals surface area (Å²) in [5, 5.41) is 11.7. The second kappa shape index (κ2) is 9.61. The maximum atomic E-state index is 12.2. The van der Waals surface area contributed by atoms with Crippen molar-refractivity contribution in [3.05, 3.63) is 48.0 Å². The van der Waals surface area contributed by atoms with Crippen LogP contribution in [-0.2, 0) is 16.1 Å². The van der Waals surface area contributed by atoms with E-state index in [4.69, 9.17) is 5.11 Å². The van der Waals surface area contributed by atoms with E-state index in [2.05, 4.69) is 11.9 Å². The molecule has 0 aromatic heterocycles. The molecule has 1 aromatic carbocycles. The fraction of sp³-hybridized carbons (Fsp3) is 0.421. The Labute approximate surface area is 148 Å². The summed E-state index contributed by atoms with van der Waals surface area (Å²) in [6.07, 6.45) is 2.42. The van der Waals surface area contributed by atoms with E-state index in [0.717, 1.165) is 5.56 Å². The van der Waals surface area contributed by atoms with Crippen LogP contribution in [0.5, 0.6) is 0 Å². The number of rotatable bonds is 9. The zero-order chi connectivity index (χ0) is 19.0. The smallest absolute Gasteiger partial charge is 0.326 e. The largest absolute Gasteiger partial charge is 0.480 e. The van der Waals surface area contributed by atoms with Gasteiger partial charge >= 0.3 is 5.97 Å². The van der Waals surface area contributed by atoms with E-state index < -0.39 is 17.9 Å². The molecule has 1 atom stereocenters. The van der Waals surface area contributed by atoms with Gasteiger partial charge in [-0.3, -0.25) is 9.59 Å². The zero-order valence-electron chi connectivity index (χ0n) is 15.0. The van der Waals surface area contributed by atoms with E-state index in [1.165, 1.54) is 0 Å². The Morgan fingerprint density at radius 2 is 1.84 bits per heavy atom. The minimum Gasteiger partial charge on any atom is -0.480 e. The summed E-state index contributed by atoms with van der Waals surface area (Å²) in [5.74, 6) is -1.53. The molecule has 2 N–H and O–H groups in total. The van der Waals surface area contributed by atoms with Crippen molar-refractivity contribution in [1.29, 1.82) is 0 Å². The van der Waals surface area contributed by atoms with Crippen LogP contribution < -0.4 is 5.32 Å². The van der Waals surface area contributed by atoms with Gasteiger partial charge in [0.2, 0.25) is 5.91 Å². The molecule has 0 saturated carbocycles. The minimum atomic E-state index is -1.07. The Morgan fingerprint density at radius 1 is 1.24 bits per heavy atom. The first-order valence-corrected chi connectivity index (χ1v) is 8.24. The van der Waals surface area contributed by atoms with Gasteiger partial charge in [0, 0.05) is 25.1 Å². The number of carbonyl (C=O) groups excluding carboxylic acids is 2.